The van der Waals surface area contributed by atoms with Crippen LogP contribution in [-0.4, -0.2) is 52.9 Å². The summed E-state index contributed by atoms with van der Waals surface area (Å²) < 4.78 is 0. The second kappa shape index (κ2) is 6.85. The van der Waals surface area contributed by atoms with Crippen molar-refractivity contribution in [3.05, 3.63) is 0 Å². The van der Waals surface area contributed by atoms with Gasteiger partial charge in [0.2, 0.25) is 5.91 Å². The van der Waals surface area contributed by atoms with Crippen LogP contribution < -0.4 is 0 Å². The quantitative estimate of drug-likeness (QED) is 0.691. The molecule has 0 radical (unpaired) electrons. The zero-order valence-corrected chi connectivity index (χ0v) is 9.59. The molecule has 0 aromatic rings. The minimum atomic E-state index is 0.116. The average Bonchev–Trinajstić information content (AvgIpc) is 2.25. The molecule has 0 aromatic heterocycles. The van der Waals surface area contributed by atoms with E-state index in [-0.39, 0.29) is 18.3 Å². The molecule has 0 atom stereocenters. The van der Waals surface area contributed by atoms with Crippen molar-refractivity contribution < 1.29 is 14.7 Å². The predicted molar refractivity (Wildman–Crippen MR) is 59.8 cm³/mol. The normalized spacial score (nSPS) is 16.9. The number of Topliss-reactive ketones (excluding diaryl/α,β-unsaturated/α-hetero) is 1. The summed E-state index contributed by atoms with van der Waals surface area (Å²) in [5.74, 6) is 1.65. The molecule has 1 aliphatic heterocycles. The lowest BCUT2D eigenvalue weighted by Gasteiger charge is -2.25. The maximum absolute atomic E-state index is 11.6. The van der Waals surface area contributed by atoms with Crippen LogP contribution in [0.3, 0.4) is 0 Å². The van der Waals surface area contributed by atoms with Crippen LogP contribution in [-0.2, 0) is 9.59 Å². The lowest BCUT2D eigenvalue weighted by Crippen LogP contribution is -2.39. The first-order valence-corrected chi connectivity index (χ1v) is 6.37. The summed E-state index contributed by atoms with van der Waals surface area (Å²) in [6, 6.07) is 0. The molecule has 1 amide bonds. The first kappa shape index (κ1) is 12.5. The van der Waals surface area contributed by atoms with Crippen molar-refractivity contribution in [2.24, 2.45) is 0 Å². The smallest absolute Gasteiger partial charge is 0.232 e. The molecule has 0 aliphatic carbocycles. The molecule has 1 saturated heterocycles. The second-order valence-electron chi connectivity index (χ2n) is 3.55. The van der Waals surface area contributed by atoms with Gasteiger partial charge in [0, 0.05) is 32.5 Å². The van der Waals surface area contributed by atoms with Crippen LogP contribution in [0.2, 0.25) is 0 Å². The number of aliphatic hydroxyl groups excluding tert-OH is 1. The molecule has 0 unspecified atom stereocenters. The third-order valence-corrected chi connectivity index (χ3v) is 3.37. The highest BCUT2D eigenvalue weighted by Gasteiger charge is 2.19. The number of nitrogens with zero attached hydrogens (tertiary/aromatic N) is 1. The number of amides is 1. The topological polar surface area (TPSA) is 57.6 Å². The Bertz CT molecular complexity index is 223. The van der Waals surface area contributed by atoms with Crippen LogP contribution in [0.25, 0.3) is 0 Å². The number of piperidine rings is 1. The van der Waals surface area contributed by atoms with Gasteiger partial charge in [0.05, 0.1) is 5.75 Å². The third kappa shape index (κ3) is 4.66. The van der Waals surface area contributed by atoms with Crippen molar-refractivity contribution in [2.45, 2.75) is 19.3 Å². The van der Waals surface area contributed by atoms with E-state index in [0.29, 0.717) is 31.7 Å². The Balaban J connectivity index is 2.14. The zero-order valence-electron chi connectivity index (χ0n) is 8.78. The molecule has 0 bridgehead atoms. The minimum absolute atomic E-state index is 0.116. The molecule has 0 aromatic carbocycles. The van der Waals surface area contributed by atoms with Crippen molar-refractivity contribution in [3.63, 3.8) is 0 Å². The van der Waals surface area contributed by atoms with E-state index in [1.165, 1.54) is 0 Å². The number of rotatable bonds is 5. The van der Waals surface area contributed by atoms with E-state index in [0.717, 1.165) is 12.2 Å². The van der Waals surface area contributed by atoms with E-state index in [1.807, 2.05) is 0 Å². The fourth-order valence-corrected chi connectivity index (χ4v) is 2.26. The van der Waals surface area contributed by atoms with E-state index in [1.54, 1.807) is 16.7 Å². The molecule has 15 heavy (non-hydrogen) atoms. The van der Waals surface area contributed by atoms with Crippen LogP contribution in [0.1, 0.15) is 19.3 Å². The van der Waals surface area contributed by atoms with E-state index in [9.17, 15) is 9.59 Å². The van der Waals surface area contributed by atoms with Gasteiger partial charge in [0.15, 0.2) is 0 Å². The zero-order chi connectivity index (χ0) is 11.1. The number of hydrogen-bond acceptors (Lipinski definition) is 4. The third-order valence-electron chi connectivity index (χ3n) is 2.35. The summed E-state index contributed by atoms with van der Waals surface area (Å²) in [5, 5.41) is 8.56. The van der Waals surface area contributed by atoms with Crippen molar-refractivity contribution in [1.29, 1.82) is 0 Å². The number of thioether (sulfide) groups is 1. The Hall–Kier alpha value is -0.550. The van der Waals surface area contributed by atoms with Gasteiger partial charge in [-0.1, -0.05) is 0 Å². The van der Waals surface area contributed by atoms with Gasteiger partial charge in [-0.05, 0) is 12.2 Å². The number of carbonyl (C=O) groups is 2. The maximum atomic E-state index is 11.6. The fourth-order valence-electron chi connectivity index (χ4n) is 1.42. The van der Waals surface area contributed by atoms with Gasteiger partial charge >= 0.3 is 0 Å². The van der Waals surface area contributed by atoms with E-state index in [4.69, 9.17) is 5.11 Å². The van der Waals surface area contributed by atoms with Crippen LogP contribution >= 0.6 is 11.8 Å². The van der Waals surface area contributed by atoms with E-state index < -0.39 is 0 Å². The number of aliphatic hydroxyl groups is 1. The van der Waals surface area contributed by atoms with Gasteiger partial charge in [0.25, 0.3) is 0 Å². The summed E-state index contributed by atoms with van der Waals surface area (Å²) in [4.78, 5) is 24.3. The van der Waals surface area contributed by atoms with E-state index >= 15 is 0 Å². The van der Waals surface area contributed by atoms with Crippen LogP contribution in [0.15, 0.2) is 0 Å². The largest absolute Gasteiger partial charge is 0.396 e. The molecule has 0 saturated carbocycles. The number of ketones is 1. The number of carbonyl (C=O) groups excluding carboxylic acids is 2. The Labute approximate surface area is 94.0 Å². The molecular formula is C10H17NO3S. The Morgan fingerprint density at radius 3 is 2.67 bits per heavy atom. The second-order valence-corrected chi connectivity index (χ2v) is 4.65. The standard InChI is InChI=1S/C10H17NO3S/c12-6-1-7-15-8-10(14)11-4-2-9(13)3-5-11/h12H,1-8H2. The van der Waals surface area contributed by atoms with Gasteiger partial charge < -0.3 is 10.0 Å². The van der Waals surface area contributed by atoms with Gasteiger partial charge in [0.1, 0.15) is 5.78 Å². The highest BCUT2D eigenvalue weighted by atomic mass is 32.2. The highest BCUT2D eigenvalue weighted by molar-refractivity contribution is 7.99. The summed E-state index contributed by atoms with van der Waals surface area (Å²) in [6.07, 6.45) is 1.75. The fraction of sp³-hybridized carbons (Fsp3) is 0.800. The molecular weight excluding hydrogens is 214 g/mol. The Kier molecular flexibility index (Phi) is 5.71. The van der Waals surface area contributed by atoms with Crippen molar-refractivity contribution in [1.82, 2.24) is 4.90 Å². The molecule has 0 spiro atoms. The van der Waals surface area contributed by atoms with Gasteiger partial charge in [-0.15, -0.1) is 0 Å². The summed E-state index contributed by atoms with van der Waals surface area (Å²) in [6.45, 7) is 1.34. The molecule has 4 nitrogen and oxygen atoms in total. The van der Waals surface area contributed by atoms with Crippen molar-refractivity contribution in [2.75, 3.05) is 31.2 Å². The van der Waals surface area contributed by atoms with Crippen LogP contribution in [0, 0.1) is 0 Å². The molecule has 1 fully saturated rings. The Morgan fingerprint density at radius 1 is 1.40 bits per heavy atom. The average molecular weight is 231 g/mol. The molecule has 1 aliphatic rings. The predicted octanol–water partition coefficient (Wildman–Crippen LogP) is 0.293. The molecule has 1 rings (SSSR count). The van der Waals surface area contributed by atoms with Gasteiger partial charge in [-0.2, -0.15) is 11.8 Å². The number of likely N-dealkylation sites (tertiary alicyclic amines) is 1. The lowest BCUT2D eigenvalue weighted by molar-refractivity contribution is -0.132. The summed E-state index contributed by atoms with van der Waals surface area (Å²) >= 11 is 1.54. The van der Waals surface area contributed by atoms with Crippen LogP contribution in [0.4, 0.5) is 0 Å². The van der Waals surface area contributed by atoms with Gasteiger partial charge in [-0.3, -0.25) is 9.59 Å². The summed E-state index contributed by atoms with van der Waals surface area (Å²) in [5.41, 5.74) is 0. The van der Waals surface area contributed by atoms with Crippen LogP contribution in [0.5, 0.6) is 0 Å². The molecule has 1 heterocycles. The highest BCUT2D eigenvalue weighted by Crippen LogP contribution is 2.09. The molecule has 86 valence electrons. The lowest BCUT2D eigenvalue weighted by atomic mass is 10.1. The Morgan fingerprint density at radius 2 is 2.07 bits per heavy atom. The van der Waals surface area contributed by atoms with E-state index in [2.05, 4.69) is 0 Å². The summed E-state index contributed by atoms with van der Waals surface area (Å²) in [7, 11) is 0. The minimum Gasteiger partial charge on any atom is -0.396 e. The SMILES string of the molecule is O=C1CCN(C(=O)CSCCCO)CC1. The molecule has 5 heteroatoms. The first-order chi connectivity index (χ1) is 7.24. The maximum Gasteiger partial charge on any atom is 0.232 e. The first-order valence-electron chi connectivity index (χ1n) is 5.22. The number of hydrogen-bond donors (Lipinski definition) is 1. The molecule has 1 N–H and O–H groups in total. The van der Waals surface area contributed by atoms with Crippen molar-refractivity contribution >= 4 is 23.5 Å². The van der Waals surface area contributed by atoms with Gasteiger partial charge in [-0.25, -0.2) is 0 Å². The van der Waals surface area contributed by atoms with Crippen molar-refractivity contribution in [3.8, 4) is 0 Å². The monoisotopic (exact) mass is 231 g/mol.